The molecule has 2 heterocycles. The average molecular weight is 318 g/mol. The summed E-state index contributed by atoms with van der Waals surface area (Å²) in [5, 5.41) is 3.52. The molecule has 2 aromatic heterocycles. The van der Waals surface area contributed by atoms with Gasteiger partial charge in [0.2, 0.25) is 0 Å². The van der Waals surface area contributed by atoms with Crippen LogP contribution in [0.2, 0.25) is 5.02 Å². The van der Waals surface area contributed by atoms with Crippen molar-refractivity contribution in [1.82, 2.24) is 9.97 Å². The fourth-order valence-corrected chi connectivity index (χ4v) is 2.05. The first kappa shape index (κ1) is 14.4. The largest absolute Gasteiger partial charge is 0.325 e. The van der Waals surface area contributed by atoms with E-state index < -0.39 is 11.6 Å². The Kier molecular flexibility index (Phi) is 3.98. The third-order valence-corrected chi connectivity index (χ3v) is 3.23. The zero-order valence-electron chi connectivity index (χ0n) is 11.2. The van der Waals surface area contributed by atoms with Gasteiger partial charge < -0.3 is 5.32 Å². The van der Waals surface area contributed by atoms with E-state index in [1.165, 1.54) is 24.5 Å². The van der Waals surface area contributed by atoms with Crippen LogP contribution in [0.15, 0.2) is 54.9 Å². The van der Waals surface area contributed by atoms with Gasteiger partial charge in [0.15, 0.2) is 11.6 Å². The molecule has 0 bridgehead atoms. The Labute approximate surface area is 130 Å². The Morgan fingerprint density at radius 2 is 1.59 bits per heavy atom. The molecule has 0 amide bonds. The lowest BCUT2D eigenvalue weighted by Gasteiger charge is -2.07. The molecule has 0 radical (unpaired) electrons. The van der Waals surface area contributed by atoms with E-state index in [1.807, 2.05) is 0 Å². The van der Waals surface area contributed by atoms with Gasteiger partial charge in [-0.25, -0.2) is 18.7 Å². The molecule has 3 nitrogen and oxygen atoms in total. The van der Waals surface area contributed by atoms with Crippen molar-refractivity contribution in [3.05, 3.63) is 71.5 Å². The molecule has 0 aliphatic rings. The van der Waals surface area contributed by atoms with Crippen LogP contribution >= 0.6 is 11.6 Å². The van der Waals surface area contributed by atoms with E-state index >= 15 is 0 Å². The fraction of sp³-hybridized carbons (Fsp3) is 0. The number of hydrogen-bond acceptors (Lipinski definition) is 3. The summed E-state index contributed by atoms with van der Waals surface area (Å²) < 4.78 is 27.0. The van der Waals surface area contributed by atoms with Gasteiger partial charge in [0.25, 0.3) is 0 Å². The standard InChI is InChI=1S/C16H10ClF2N3/c17-11-5-7-15(21-9-11)22-14-6-4-10(8-20-14)12-2-1-3-13(18)16(12)19/h1-9H,(H,20,21,22). The number of hydrogen-bond donors (Lipinski definition) is 1. The maximum Gasteiger partial charge on any atom is 0.166 e. The lowest BCUT2D eigenvalue weighted by Crippen LogP contribution is -1.96. The fourth-order valence-electron chi connectivity index (χ4n) is 1.93. The summed E-state index contributed by atoms with van der Waals surface area (Å²) in [6.45, 7) is 0. The maximum atomic E-state index is 13.7. The number of rotatable bonds is 3. The predicted octanol–water partition coefficient (Wildman–Crippen LogP) is 4.82. The molecule has 22 heavy (non-hydrogen) atoms. The van der Waals surface area contributed by atoms with E-state index in [4.69, 9.17) is 11.6 Å². The quantitative estimate of drug-likeness (QED) is 0.752. The molecule has 3 rings (SSSR count). The van der Waals surface area contributed by atoms with Crippen LogP contribution in [-0.4, -0.2) is 9.97 Å². The van der Waals surface area contributed by atoms with E-state index in [9.17, 15) is 8.78 Å². The highest BCUT2D eigenvalue weighted by Crippen LogP contribution is 2.25. The van der Waals surface area contributed by atoms with Gasteiger partial charge in [0.1, 0.15) is 11.6 Å². The number of benzene rings is 1. The third kappa shape index (κ3) is 3.04. The van der Waals surface area contributed by atoms with Gasteiger partial charge in [-0.15, -0.1) is 0 Å². The second kappa shape index (κ2) is 6.07. The van der Waals surface area contributed by atoms with E-state index in [2.05, 4.69) is 15.3 Å². The van der Waals surface area contributed by atoms with Gasteiger partial charge in [-0.3, -0.25) is 0 Å². The van der Waals surface area contributed by atoms with E-state index in [1.54, 1.807) is 24.3 Å². The Hall–Kier alpha value is -2.53. The lowest BCUT2D eigenvalue weighted by atomic mass is 10.1. The molecule has 1 N–H and O–H groups in total. The predicted molar refractivity (Wildman–Crippen MR) is 82.1 cm³/mol. The van der Waals surface area contributed by atoms with Crippen LogP contribution in [0.25, 0.3) is 11.1 Å². The molecule has 1 aromatic carbocycles. The minimum absolute atomic E-state index is 0.170. The van der Waals surface area contributed by atoms with E-state index in [0.29, 0.717) is 22.2 Å². The number of halogens is 3. The normalized spacial score (nSPS) is 10.5. The van der Waals surface area contributed by atoms with Crippen LogP contribution in [0.3, 0.4) is 0 Å². The van der Waals surface area contributed by atoms with Crippen molar-refractivity contribution < 1.29 is 8.78 Å². The second-order valence-corrected chi connectivity index (χ2v) is 4.96. The minimum Gasteiger partial charge on any atom is -0.325 e. The summed E-state index contributed by atoms with van der Waals surface area (Å²) in [5.74, 6) is -0.647. The summed E-state index contributed by atoms with van der Waals surface area (Å²) in [5.41, 5.74) is 0.662. The molecule has 0 unspecified atom stereocenters. The number of anilines is 2. The van der Waals surface area contributed by atoms with Crippen LogP contribution in [-0.2, 0) is 0 Å². The first-order chi connectivity index (χ1) is 10.6. The van der Waals surface area contributed by atoms with Crippen molar-refractivity contribution in [3.8, 4) is 11.1 Å². The van der Waals surface area contributed by atoms with Gasteiger partial charge in [-0.05, 0) is 30.3 Å². The van der Waals surface area contributed by atoms with Crippen molar-refractivity contribution in [1.29, 1.82) is 0 Å². The smallest absolute Gasteiger partial charge is 0.166 e. The zero-order valence-corrected chi connectivity index (χ0v) is 12.0. The first-order valence-electron chi connectivity index (χ1n) is 6.42. The molecule has 0 atom stereocenters. The molecule has 3 aromatic rings. The van der Waals surface area contributed by atoms with Gasteiger partial charge in [0.05, 0.1) is 5.02 Å². The van der Waals surface area contributed by atoms with Crippen molar-refractivity contribution in [2.75, 3.05) is 5.32 Å². The van der Waals surface area contributed by atoms with Crippen molar-refractivity contribution >= 4 is 23.2 Å². The molecule has 6 heteroatoms. The molecule has 0 aliphatic carbocycles. The van der Waals surface area contributed by atoms with Crippen molar-refractivity contribution in [3.63, 3.8) is 0 Å². The van der Waals surface area contributed by atoms with Gasteiger partial charge in [-0.1, -0.05) is 23.7 Å². The van der Waals surface area contributed by atoms with Crippen LogP contribution in [0.4, 0.5) is 20.4 Å². The molecule has 0 saturated carbocycles. The van der Waals surface area contributed by atoms with E-state index in [0.717, 1.165) is 6.07 Å². The third-order valence-electron chi connectivity index (χ3n) is 3.01. The zero-order chi connectivity index (χ0) is 15.5. The SMILES string of the molecule is Fc1cccc(-c2ccc(Nc3ccc(Cl)cn3)nc2)c1F. The monoisotopic (exact) mass is 317 g/mol. The summed E-state index contributed by atoms with van der Waals surface area (Å²) in [7, 11) is 0. The van der Waals surface area contributed by atoms with Crippen LogP contribution in [0.5, 0.6) is 0 Å². The van der Waals surface area contributed by atoms with Crippen LogP contribution in [0.1, 0.15) is 0 Å². The summed E-state index contributed by atoms with van der Waals surface area (Å²) >= 11 is 5.76. The highest BCUT2D eigenvalue weighted by atomic mass is 35.5. The Bertz CT molecular complexity index is 789. The van der Waals surface area contributed by atoms with Gasteiger partial charge >= 0.3 is 0 Å². The molecule has 0 spiro atoms. The summed E-state index contributed by atoms with van der Waals surface area (Å²) in [6, 6.07) is 10.8. The molecule has 0 fully saturated rings. The van der Waals surface area contributed by atoms with Gasteiger partial charge in [-0.2, -0.15) is 0 Å². The van der Waals surface area contributed by atoms with Crippen LogP contribution < -0.4 is 5.32 Å². The van der Waals surface area contributed by atoms with E-state index in [-0.39, 0.29) is 5.56 Å². The first-order valence-corrected chi connectivity index (χ1v) is 6.80. The van der Waals surface area contributed by atoms with Crippen LogP contribution in [0, 0.1) is 11.6 Å². The second-order valence-electron chi connectivity index (χ2n) is 4.52. The Balaban J connectivity index is 1.83. The molecular formula is C16H10ClF2N3. The lowest BCUT2D eigenvalue weighted by molar-refractivity contribution is 0.511. The Morgan fingerprint density at radius 3 is 2.23 bits per heavy atom. The maximum absolute atomic E-state index is 13.7. The highest BCUT2D eigenvalue weighted by Gasteiger charge is 2.10. The van der Waals surface area contributed by atoms with Gasteiger partial charge in [0, 0.05) is 23.5 Å². The number of pyridine rings is 2. The summed E-state index contributed by atoms with van der Waals surface area (Å²) in [6.07, 6.45) is 2.98. The molecule has 0 aliphatic heterocycles. The molecular weight excluding hydrogens is 308 g/mol. The van der Waals surface area contributed by atoms with Crippen molar-refractivity contribution in [2.45, 2.75) is 0 Å². The number of nitrogens with one attached hydrogen (secondary N) is 1. The van der Waals surface area contributed by atoms with Crippen molar-refractivity contribution in [2.24, 2.45) is 0 Å². The topological polar surface area (TPSA) is 37.8 Å². The number of aromatic nitrogens is 2. The highest BCUT2D eigenvalue weighted by molar-refractivity contribution is 6.30. The molecule has 110 valence electrons. The minimum atomic E-state index is -0.885. The number of nitrogens with zero attached hydrogens (tertiary/aromatic N) is 2. The molecule has 0 saturated heterocycles. The Morgan fingerprint density at radius 1 is 0.864 bits per heavy atom. The summed E-state index contributed by atoms with van der Waals surface area (Å²) in [4.78, 5) is 8.26. The average Bonchev–Trinajstić information content (AvgIpc) is 2.53.